The summed E-state index contributed by atoms with van der Waals surface area (Å²) < 4.78 is 17.8. The first kappa shape index (κ1) is 21.1. The quantitative estimate of drug-likeness (QED) is 0.583. The Morgan fingerprint density at radius 3 is 2.39 bits per heavy atom. The van der Waals surface area contributed by atoms with E-state index >= 15 is 0 Å². The van der Waals surface area contributed by atoms with Crippen molar-refractivity contribution in [3.05, 3.63) is 94.5 Å². The van der Waals surface area contributed by atoms with Gasteiger partial charge in [0.1, 0.15) is 12.4 Å². The number of hydrogen-bond acceptors (Lipinski definition) is 8. The number of anilines is 1. The average molecular weight is 439 g/mol. The van der Waals surface area contributed by atoms with E-state index in [1.54, 1.807) is 0 Å². The highest BCUT2D eigenvalue weighted by atomic mass is 32.2. The van der Waals surface area contributed by atoms with E-state index in [2.05, 4.69) is 4.98 Å². The third-order valence-corrected chi connectivity index (χ3v) is 5.74. The molecule has 8 nitrogen and oxygen atoms in total. The molecule has 31 heavy (non-hydrogen) atoms. The molecule has 0 spiro atoms. The number of aromatic nitrogens is 2. The largest absolute Gasteiger partial charge is 0.452 e. The minimum atomic E-state index is -0.772. The Morgan fingerprint density at radius 2 is 1.77 bits per heavy atom. The lowest BCUT2D eigenvalue weighted by molar-refractivity contribution is -0.0986. The molecule has 4 rings (SSSR count). The van der Waals surface area contributed by atoms with Gasteiger partial charge in [-0.2, -0.15) is 4.98 Å². The van der Waals surface area contributed by atoms with Crippen LogP contribution in [0.4, 0.5) is 10.6 Å². The van der Waals surface area contributed by atoms with Crippen LogP contribution in [0.1, 0.15) is 22.6 Å². The summed E-state index contributed by atoms with van der Waals surface area (Å²) in [6.07, 6.45) is 0.0667. The molecular formula is C22H21N3O5S. The molecular weight excluding hydrogens is 418 g/mol. The number of rotatable bonds is 6. The zero-order valence-corrected chi connectivity index (χ0v) is 17.3. The van der Waals surface area contributed by atoms with Crippen molar-refractivity contribution < 1.29 is 19.0 Å². The first-order valence-corrected chi connectivity index (χ1v) is 10.5. The summed E-state index contributed by atoms with van der Waals surface area (Å²) in [5, 5.41) is -0.646. The van der Waals surface area contributed by atoms with Gasteiger partial charge in [-0.05, 0) is 29.0 Å². The first-order valence-electron chi connectivity index (χ1n) is 9.65. The molecule has 160 valence electrons. The van der Waals surface area contributed by atoms with E-state index in [4.69, 9.17) is 19.9 Å². The Morgan fingerprint density at radius 1 is 1.13 bits per heavy atom. The molecule has 0 bridgehead atoms. The van der Waals surface area contributed by atoms with Crippen molar-refractivity contribution in [3.63, 3.8) is 0 Å². The summed E-state index contributed by atoms with van der Waals surface area (Å²) in [7, 11) is 0. The van der Waals surface area contributed by atoms with Crippen LogP contribution in [0, 0.1) is 0 Å². The second-order valence-electron chi connectivity index (χ2n) is 6.78. The maximum Gasteiger partial charge on any atom is 0.368 e. The van der Waals surface area contributed by atoms with Gasteiger partial charge in [0, 0.05) is 6.20 Å². The van der Waals surface area contributed by atoms with Crippen LogP contribution in [0.2, 0.25) is 0 Å². The standard InChI is InChI=1S/C22H21N3O5S/c23-17-11-12-25(21(26)24-17)18-13-28-19(30-18)14-29-22(27)31-20(15-7-3-1-4-8-15)16-9-5-2-6-10-16/h1-12,18-20H,13-14H2,(H2,23,24,26)/t18-,19-/m0/s1. The SMILES string of the molecule is Nc1ccn([C@@H]2CO[C@H](COC(=O)SC(c3ccccc3)c3ccccc3)O2)c(=O)n1. The predicted molar refractivity (Wildman–Crippen MR) is 116 cm³/mol. The average Bonchev–Trinajstić information content (AvgIpc) is 3.26. The molecule has 0 saturated carbocycles. The molecule has 0 amide bonds. The minimum absolute atomic E-state index is 0.0875. The van der Waals surface area contributed by atoms with Gasteiger partial charge < -0.3 is 19.9 Å². The molecule has 9 heteroatoms. The van der Waals surface area contributed by atoms with Gasteiger partial charge in [0.05, 0.1) is 11.9 Å². The number of nitrogen functional groups attached to an aromatic ring is 1. The molecule has 0 unspecified atom stereocenters. The lowest BCUT2D eigenvalue weighted by Gasteiger charge is -2.17. The van der Waals surface area contributed by atoms with Crippen molar-refractivity contribution in [1.29, 1.82) is 0 Å². The van der Waals surface area contributed by atoms with Gasteiger partial charge in [-0.1, -0.05) is 60.7 Å². The number of hydrogen-bond donors (Lipinski definition) is 1. The summed E-state index contributed by atoms with van der Waals surface area (Å²) in [4.78, 5) is 28.2. The van der Waals surface area contributed by atoms with Crippen LogP contribution in [0.25, 0.3) is 0 Å². The van der Waals surface area contributed by atoms with Crippen molar-refractivity contribution in [2.24, 2.45) is 0 Å². The zero-order chi connectivity index (χ0) is 21.6. The van der Waals surface area contributed by atoms with Crippen LogP contribution in [-0.4, -0.2) is 34.4 Å². The fourth-order valence-corrected chi connectivity index (χ4v) is 4.09. The molecule has 2 heterocycles. The van der Waals surface area contributed by atoms with Gasteiger partial charge in [0.15, 0.2) is 12.5 Å². The molecule has 1 fully saturated rings. The Hall–Kier alpha value is -3.14. The molecule has 0 aliphatic carbocycles. The Labute approximate surface area is 183 Å². The van der Waals surface area contributed by atoms with E-state index in [0.717, 1.165) is 22.9 Å². The van der Waals surface area contributed by atoms with Gasteiger partial charge in [-0.25, -0.2) is 9.59 Å². The second kappa shape index (κ2) is 9.78. The highest BCUT2D eigenvalue weighted by Crippen LogP contribution is 2.36. The topological polar surface area (TPSA) is 106 Å². The summed E-state index contributed by atoms with van der Waals surface area (Å²) in [5.74, 6) is 0.133. The molecule has 1 aliphatic heterocycles. The van der Waals surface area contributed by atoms with Gasteiger partial charge >= 0.3 is 11.0 Å². The molecule has 2 aromatic carbocycles. The molecule has 2 atom stereocenters. The molecule has 1 aromatic heterocycles. The number of benzene rings is 2. The summed E-state index contributed by atoms with van der Waals surface area (Å²) in [6, 6.07) is 21.0. The minimum Gasteiger partial charge on any atom is -0.452 e. The molecule has 2 N–H and O–H groups in total. The van der Waals surface area contributed by atoms with Gasteiger partial charge in [-0.15, -0.1) is 0 Å². The highest BCUT2D eigenvalue weighted by Gasteiger charge is 2.30. The number of nitrogens with zero attached hydrogens (tertiary/aromatic N) is 2. The highest BCUT2D eigenvalue weighted by molar-refractivity contribution is 8.13. The number of ether oxygens (including phenoxy) is 3. The maximum absolute atomic E-state index is 12.6. The Kier molecular flexibility index (Phi) is 6.66. The molecule has 0 radical (unpaired) electrons. The van der Waals surface area contributed by atoms with Crippen molar-refractivity contribution in [1.82, 2.24) is 9.55 Å². The molecule has 1 saturated heterocycles. The zero-order valence-electron chi connectivity index (χ0n) is 16.5. The van der Waals surface area contributed by atoms with E-state index in [0.29, 0.717) is 0 Å². The van der Waals surface area contributed by atoms with Gasteiger partial charge in [0.2, 0.25) is 0 Å². The van der Waals surface area contributed by atoms with Crippen molar-refractivity contribution in [2.75, 3.05) is 18.9 Å². The normalized spacial score (nSPS) is 18.2. The Bertz CT molecular complexity index is 1040. The number of carbonyl (C=O) groups is 1. The Balaban J connectivity index is 1.35. The van der Waals surface area contributed by atoms with E-state index in [-0.39, 0.29) is 24.3 Å². The number of carbonyl (C=O) groups excluding carboxylic acids is 1. The van der Waals surface area contributed by atoms with Crippen LogP contribution < -0.4 is 11.4 Å². The van der Waals surface area contributed by atoms with Crippen LogP contribution in [-0.2, 0) is 14.2 Å². The van der Waals surface area contributed by atoms with E-state index < -0.39 is 23.5 Å². The number of thioether (sulfide) groups is 1. The van der Waals surface area contributed by atoms with E-state index in [9.17, 15) is 9.59 Å². The summed E-state index contributed by atoms with van der Waals surface area (Å²) >= 11 is 1.08. The van der Waals surface area contributed by atoms with E-state index in [1.165, 1.54) is 16.8 Å². The lowest BCUT2D eigenvalue weighted by Crippen LogP contribution is -2.28. The lowest BCUT2D eigenvalue weighted by atomic mass is 10.0. The monoisotopic (exact) mass is 439 g/mol. The smallest absolute Gasteiger partial charge is 0.368 e. The van der Waals surface area contributed by atoms with Crippen molar-refractivity contribution in [2.45, 2.75) is 17.8 Å². The second-order valence-corrected chi connectivity index (χ2v) is 7.82. The number of nitrogens with two attached hydrogens (primary N) is 1. The van der Waals surface area contributed by atoms with Gasteiger partial charge in [0.25, 0.3) is 0 Å². The third kappa shape index (κ3) is 5.32. The van der Waals surface area contributed by atoms with Crippen molar-refractivity contribution in [3.8, 4) is 0 Å². The van der Waals surface area contributed by atoms with Crippen LogP contribution in [0.15, 0.2) is 77.7 Å². The maximum atomic E-state index is 12.6. The first-order chi connectivity index (χ1) is 15.1. The predicted octanol–water partition coefficient (Wildman–Crippen LogP) is 3.36. The van der Waals surface area contributed by atoms with Crippen LogP contribution in [0.5, 0.6) is 0 Å². The van der Waals surface area contributed by atoms with Crippen LogP contribution >= 0.6 is 11.8 Å². The fourth-order valence-electron chi connectivity index (χ4n) is 3.17. The van der Waals surface area contributed by atoms with Crippen LogP contribution in [0.3, 0.4) is 0 Å². The summed E-state index contributed by atoms with van der Waals surface area (Å²) in [6.45, 7) is 0.0489. The summed E-state index contributed by atoms with van der Waals surface area (Å²) in [5.41, 5.74) is 6.97. The van der Waals surface area contributed by atoms with E-state index in [1.807, 2.05) is 60.7 Å². The van der Waals surface area contributed by atoms with Gasteiger partial charge in [-0.3, -0.25) is 4.57 Å². The fraction of sp³-hybridized carbons (Fsp3) is 0.227. The molecule has 3 aromatic rings. The third-order valence-electron chi connectivity index (χ3n) is 4.65. The van der Waals surface area contributed by atoms with Crippen molar-refractivity contribution >= 4 is 22.9 Å². The molecule has 1 aliphatic rings.